The van der Waals surface area contributed by atoms with Crippen LogP contribution in [0.5, 0.6) is 0 Å². The molecule has 6 nitrogen and oxygen atoms in total. The van der Waals surface area contributed by atoms with Gasteiger partial charge in [-0.3, -0.25) is 14.6 Å². The fourth-order valence-electron chi connectivity index (χ4n) is 2.80. The Balaban J connectivity index is 2.18. The number of likely N-dealkylation sites (tertiary alicyclic amines) is 1. The van der Waals surface area contributed by atoms with Crippen LogP contribution in [0.4, 0.5) is 0 Å². The quantitative estimate of drug-likeness (QED) is 0.919. The number of carbonyl (C=O) groups is 2. The standard InChI is InChI=1S/C17H24N2O4/c1-17(2,3)11-5-6-14(18-9-11)16(22)19-10-13(23-4)7-12(19)8-15(20)21/h5-6,9,12-13H,7-8,10H2,1-4H3,(H,20,21). The van der Waals surface area contributed by atoms with Crippen LogP contribution in [-0.2, 0) is 14.9 Å². The lowest BCUT2D eigenvalue weighted by atomic mass is 9.88. The number of rotatable bonds is 4. The van der Waals surface area contributed by atoms with Crippen LogP contribution in [0.25, 0.3) is 0 Å². The molecule has 1 aliphatic rings. The van der Waals surface area contributed by atoms with E-state index in [-0.39, 0.29) is 29.9 Å². The van der Waals surface area contributed by atoms with Gasteiger partial charge in [-0.2, -0.15) is 0 Å². The third kappa shape index (κ3) is 4.07. The fourth-order valence-corrected chi connectivity index (χ4v) is 2.80. The number of methoxy groups -OCH3 is 1. The smallest absolute Gasteiger partial charge is 0.305 e. The molecule has 126 valence electrons. The second kappa shape index (κ2) is 6.66. The molecule has 1 fully saturated rings. The third-order valence-electron chi connectivity index (χ3n) is 4.23. The lowest BCUT2D eigenvalue weighted by molar-refractivity contribution is -0.138. The first-order chi connectivity index (χ1) is 10.7. The van der Waals surface area contributed by atoms with Gasteiger partial charge in [0.15, 0.2) is 0 Å². The zero-order valence-electron chi connectivity index (χ0n) is 14.1. The monoisotopic (exact) mass is 320 g/mol. The minimum absolute atomic E-state index is 0.0325. The maximum atomic E-state index is 12.7. The van der Waals surface area contributed by atoms with E-state index in [4.69, 9.17) is 9.84 Å². The van der Waals surface area contributed by atoms with Gasteiger partial charge in [0.2, 0.25) is 0 Å². The summed E-state index contributed by atoms with van der Waals surface area (Å²) in [6, 6.07) is 3.26. The van der Waals surface area contributed by atoms with Crippen molar-refractivity contribution in [2.24, 2.45) is 0 Å². The van der Waals surface area contributed by atoms with Crippen LogP contribution in [0.1, 0.15) is 49.7 Å². The van der Waals surface area contributed by atoms with Gasteiger partial charge >= 0.3 is 5.97 Å². The molecular weight excluding hydrogens is 296 g/mol. The molecule has 1 amide bonds. The lowest BCUT2D eigenvalue weighted by Crippen LogP contribution is -2.37. The summed E-state index contributed by atoms with van der Waals surface area (Å²) in [6.45, 7) is 6.64. The number of carbonyl (C=O) groups excluding carboxylic acids is 1. The number of ether oxygens (including phenoxy) is 1. The molecule has 1 aliphatic heterocycles. The molecule has 0 aromatic carbocycles. The van der Waals surface area contributed by atoms with Crippen LogP contribution >= 0.6 is 0 Å². The highest BCUT2D eigenvalue weighted by Crippen LogP contribution is 2.25. The van der Waals surface area contributed by atoms with Gasteiger partial charge < -0.3 is 14.7 Å². The van der Waals surface area contributed by atoms with Crippen molar-refractivity contribution in [1.29, 1.82) is 0 Å². The molecule has 0 spiro atoms. The van der Waals surface area contributed by atoms with Gasteiger partial charge in [-0.15, -0.1) is 0 Å². The van der Waals surface area contributed by atoms with E-state index < -0.39 is 5.97 Å². The third-order valence-corrected chi connectivity index (χ3v) is 4.23. The average molecular weight is 320 g/mol. The van der Waals surface area contributed by atoms with Crippen molar-refractivity contribution in [2.45, 2.75) is 51.2 Å². The number of amides is 1. The van der Waals surface area contributed by atoms with Crippen molar-refractivity contribution in [2.75, 3.05) is 13.7 Å². The van der Waals surface area contributed by atoms with Crippen molar-refractivity contribution in [3.63, 3.8) is 0 Å². The van der Waals surface area contributed by atoms with E-state index in [0.717, 1.165) is 5.56 Å². The number of pyridine rings is 1. The van der Waals surface area contributed by atoms with Gasteiger partial charge in [-0.05, 0) is 23.5 Å². The largest absolute Gasteiger partial charge is 0.481 e. The molecule has 1 aromatic heterocycles. The Labute approximate surface area is 136 Å². The zero-order valence-corrected chi connectivity index (χ0v) is 14.1. The number of carboxylic acid groups (broad SMARTS) is 1. The number of aliphatic carboxylic acids is 1. The van der Waals surface area contributed by atoms with Gasteiger partial charge in [0.25, 0.3) is 5.91 Å². The topological polar surface area (TPSA) is 79.7 Å². The van der Waals surface area contributed by atoms with Crippen LogP contribution in [0, 0.1) is 0 Å². The molecule has 0 bridgehead atoms. The second-order valence-corrected chi connectivity index (χ2v) is 6.98. The predicted molar refractivity (Wildman–Crippen MR) is 85.4 cm³/mol. The van der Waals surface area contributed by atoms with E-state index in [1.165, 1.54) is 0 Å². The van der Waals surface area contributed by atoms with Crippen molar-refractivity contribution in [1.82, 2.24) is 9.88 Å². The highest BCUT2D eigenvalue weighted by atomic mass is 16.5. The van der Waals surface area contributed by atoms with Gasteiger partial charge in [-0.25, -0.2) is 0 Å². The Bertz CT molecular complexity index is 577. The summed E-state index contributed by atoms with van der Waals surface area (Å²) in [7, 11) is 1.58. The van der Waals surface area contributed by atoms with E-state index in [2.05, 4.69) is 25.8 Å². The Hall–Kier alpha value is -1.95. The van der Waals surface area contributed by atoms with Crippen LogP contribution in [0.2, 0.25) is 0 Å². The maximum Gasteiger partial charge on any atom is 0.305 e. The zero-order chi connectivity index (χ0) is 17.2. The van der Waals surface area contributed by atoms with Crippen LogP contribution in [0.3, 0.4) is 0 Å². The van der Waals surface area contributed by atoms with Crippen molar-refractivity contribution in [3.8, 4) is 0 Å². The summed E-state index contributed by atoms with van der Waals surface area (Å²) in [5.41, 5.74) is 1.35. The SMILES string of the molecule is COC1CC(CC(=O)O)N(C(=O)c2ccc(C(C)(C)C)cn2)C1. The van der Waals surface area contributed by atoms with E-state index in [0.29, 0.717) is 18.7 Å². The van der Waals surface area contributed by atoms with E-state index in [9.17, 15) is 9.59 Å². The highest BCUT2D eigenvalue weighted by molar-refractivity contribution is 5.93. The maximum absolute atomic E-state index is 12.7. The highest BCUT2D eigenvalue weighted by Gasteiger charge is 2.37. The summed E-state index contributed by atoms with van der Waals surface area (Å²) in [5, 5.41) is 9.03. The van der Waals surface area contributed by atoms with Crippen LogP contribution in [0.15, 0.2) is 18.3 Å². The lowest BCUT2D eigenvalue weighted by Gasteiger charge is -2.23. The molecule has 1 N–H and O–H groups in total. The van der Waals surface area contributed by atoms with Gasteiger partial charge in [0.1, 0.15) is 5.69 Å². The molecule has 1 aromatic rings. The minimum atomic E-state index is -0.916. The molecular formula is C17H24N2O4. The second-order valence-electron chi connectivity index (χ2n) is 6.98. The van der Waals surface area contributed by atoms with Crippen LogP contribution < -0.4 is 0 Å². The fraction of sp³-hybridized carbons (Fsp3) is 0.588. The summed E-state index contributed by atoms with van der Waals surface area (Å²) < 4.78 is 5.30. The molecule has 2 heterocycles. The molecule has 2 rings (SSSR count). The predicted octanol–water partition coefficient (Wildman–Crippen LogP) is 2.08. The summed E-state index contributed by atoms with van der Waals surface area (Å²) >= 11 is 0. The Morgan fingerprint density at radius 2 is 2.09 bits per heavy atom. The van der Waals surface area contributed by atoms with Crippen molar-refractivity contribution >= 4 is 11.9 Å². The first kappa shape index (κ1) is 17.4. The molecule has 6 heteroatoms. The summed E-state index contributed by atoms with van der Waals surface area (Å²) in [4.78, 5) is 29.5. The minimum Gasteiger partial charge on any atom is -0.481 e. The molecule has 2 unspecified atom stereocenters. The number of hydrogen-bond donors (Lipinski definition) is 1. The van der Waals surface area contributed by atoms with E-state index in [1.807, 2.05) is 6.07 Å². The summed E-state index contributed by atoms with van der Waals surface area (Å²) in [5.74, 6) is -1.16. The van der Waals surface area contributed by atoms with Crippen molar-refractivity contribution in [3.05, 3.63) is 29.6 Å². The van der Waals surface area contributed by atoms with Crippen LogP contribution in [-0.4, -0.2) is 52.7 Å². The normalized spacial score (nSPS) is 21.5. The molecule has 0 radical (unpaired) electrons. The molecule has 23 heavy (non-hydrogen) atoms. The Kier molecular flexibility index (Phi) is 5.04. The van der Waals surface area contributed by atoms with E-state index >= 15 is 0 Å². The average Bonchev–Trinajstić information content (AvgIpc) is 2.88. The summed E-state index contributed by atoms with van der Waals surface area (Å²) in [6.07, 6.45) is 2.04. The van der Waals surface area contributed by atoms with Gasteiger partial charge in [0, 0.05) is 25.9 Å². The molecule has 2 atom stereocenters. The Morgan fingerprint density at radius 3 is 2.57 bits per heavy atom. The molecule has 0 saturated carbocycles. The van der Waals surface area contributed by atoms with E-state index in [1.54, 1.807) is 24.3 Å². The molecule has 1 saturated heterocycles. The number of carboxylic acids is 1. The first-order valence-corrected chi connectivity index (χ1v) is 7.74. The number of aromatic nitrogens is 1. The number of hydrogen-bond acceptors (Lipinski definition) is 4. The molecule has 0 aliphatic carbocycles. The van der Waals surface area contributed by atoms with Gasteiger partial charge in [0.05, 0.1) is 12.5 Å². The Morgan fingerprint density at radius 1 is 1.39 bits per heavy atom. The number of nitrogens with zero attached hydrogens (tertiary/aromatic N) is 2. The van der Waals surface area contributed by atoms with Crippen molar-refractivity contribution < 1.29 is 19.4 Å². The first-order valence-electron chi connectivity index (χ1n) is 7.74. The van der Waals surface area contributed by atoms with Gasteiger partial charge in [-0.1, -0.05) is 26.8 Å².